The average Bonchev–Trinajstić information content (AvgIpc) is 2.63. The summed E-state index contributed by atoms with van der Waals surface area (Å²) in [7, 11) is 0. The molecule has 2 unspecified atom stereocenters. The molecule has 0 aliphatic carbocycles. The van der Waals surface area contributed by atoms with Crippen LogP contribution in [0.4, 0.5) is 0 Å². The Morgan fingerprint density at radius 2 is 2.13 bits per heavy atom. The molecule has 2 aliphatic heterocycles. The first-order valence-corrected chi connectivity index (χ1v) is 6.46. The van der Waals surface area contributed by atoms with E-state index >= 15 is 0 Å². The summed E-state index contributed by atoms with van der Waals surface area (Å²) in [5.74, 6) is 0. The van der Waals surface area contributed by atoms with Crippen LogP contribution < -0.4 is 5.32 Å². The summed E-state index contributed by atoms with van der Waals surface area (Å²) in [5, 5.41) is 3.47. The topological polar surface area (TPSA) is 24.5 Å². The zero-order valence-corrected chi connectivity index (χ0v) is 9.87. The molecule has 2 heterocycles. The van der Waals surface area contributed by atoms with Crippen LogP contribution in [0.15, 0.2) is 0 Å². The number of likely N-dealkylation sites (N-methyl/N-ethyl adjacent to an activating group) is 1. The first kappa shape index (κ1) is 11.4. The summed E-state index contributed by atoms with van der Waals surface area (Å²) < 4.78 is 5.54. The molecule has 3 nitrogen and oxygen atoms in total. The van der Waals surface area contributed by atoms with E-state index in [-0.39, 0.29) is 0 Å². The SMILES string of the molecule is CCN(C1CCCOCC1)C1CCNC1. The lowest BCUT2D eigenvalue weighted by Crippen LogP contribution is -2.44. The van der Waals surface area contributed by atoms with Gasteiger partial charge in [-0.25, -0.2) is 0 Å². The maximum Gasteiger partial charge on any atom is 0.0480 e. The number of hydrogen-bond acceptors (Lipinski definition) is 3. The lowest BCUT2D eigenvalue weighted by atomic mass is 10.0. The smallest absolute Gasteiger partial charge is 0.0480 e. The number of rotatable bonds is 3. The molecule has 2 aliphatic rings. The summed E-state index contributed by atoms with van der Waals surface area (Å²) in [6.45, 7) is 7.80. The first-order chi connectivity index (χ1) is 7.42. The average molecular weight is 212 g/mol. The predicted octanol–water partition coefficient (Wildman–Crippen LogP) is 1.24. The molecule has 0 bridgehead atoms. The van der Waals surface area contributed by atoms with Crippen molar-refractivity contribution in [2.24, 2.45) is 0 Å². The Bertz CT molecular complexity index is 172. The van der Waals surface area contributed by atoms with Gasteiger partial charge in [0.1, 0.15) is 0 Å². The lowest BCUT2D eigenvalue weighted by Gasteiger charge is -2.34. The van der Waals surface area contributed by atoms with Crippen molar-refractivity contribution in [3.8, 4) is 0 Å². The highest BCUT2D eigenvalue weighted by Gasteiger charge is 2.27. The zero-order valence-electron chi connectivity index (χ0n) is 9.87. The van der Waals surface area contributed by atoms with Crippen molar-refractivity contribution in [2.75, 3.05) is 32.8 Å². The molecule has 3 heteroatoms. The minimum Gasteiger partial charge on any atom is -0.381 e. The fourth-order valence-electron chi connectivity index (χ4n) is 2.96. The van der Waals surface area contributed by atoms with Gasteiger partial charge in [-0.3, -0.25) is 4.90 Å². The van der Waals surface area contributed by atoms with Gasteiger partial charge in [0.2, 0.25) is 0 Å². The number of nitrogens with zero attached hydrogens (tertiary/aromatic N) is 1. The molecule has 0 radical (unpaired) electrons. The van der Waals surface area contributed by atoms with Gasteiger partial charge < -0.3 is 10.1 Å². The summed E-state index contributed by atoms with van der Waals surface area (Å²) in [5.41, 5.74) is 0. The van der Waals surface area contributed by atoms with Crippen LogP contribution >= 0.6 is 0 Å². The summed E-state index contributed by atoms with van der Waals surface area (Å²) >= 11 is 0. The monoisotopic (exact) mass is 212 g/mol. The molecule has 1 N–H and O–H groups in total. The molecule has 0 amide bonds. The largest absolute Gasteiger partial charge is 0.381 e. The van der Waals surface area contributed by atoms with Gasteiger partial charge >= 0.3 is 0 Å². The Balaban J connectivity index is 1.91. The second kappa shape index (κ2) is 5.83. The molecular weight excluding hydrogens is 188 g/mol. The second-order valence-corrected chi connectivity index (χ2v) is 4.67. The Labute approximate surface area is 93.2 Å². The minimum atomic E-state index is 0.766. The summed E-state index contributed by atoms with van der Waals surface area (Å²) in [6.07, 6.45) is 5.11. The Morgan fingerprint density at radius 3 is 2.87 bits per heavy atom. The van der Waals surface area contributed by atoms with Crippen LogP contribution in [0.5, 0.6) is 0 Å². The van der Waals surface area contributed by atoms with Crippen LogP contribution in [-0.2, 0) is 4.74 Å². The first-order valence-electron chi connectivity index (χ1n) is 6.46. The van der Waals surface area contributed by atoms with E-state index in [0.29, 0.717) is 0 Å². The number of ether oxygens (including phenoxy) is 1. The molecule has 15 heavy (non-hydrogen) atoms. The second-order valence-electron chi connectivity index (χ2n) is 4.67. The van der Waals surface area contributed by atoms with E-state index in [2.05, 4.69) is 17.1 Å². The van der Waals surface area contributed by atoms with Gasteiger partial charge in [0.25, 0.3) is 0 Å². The van der Waals surface area contributed by atoms with Crippen molar-refractivity contribution < 1.29 is 4.74 Å². The molecule has 2 saturated heterocycles. The fourth-order valence-corrected chi connectivity index (χ4v) is 2.96. The highest BCUT2D eigenvalue weighted by Crippen LogP contribution is 2.20. The van der Waals surface area contributed by atoms with E-state index in [1.54, 1.807) is 0 Å². The quantitative estimate of drug-likeness (QED) is 0.762. The molecule has 2 fully saturated rings. The molecule has 2 atom stereocenters. The Hall–Kier alpha value is -0.120. The standard InChI is InChI=1S/C12H24N2O/c1-2-14(12-5-7-13-10-12)11-4-3-8-15-9-6-11/h11-13H,2-10H2,1H3. The normalized spacial score (nSPS) is 33.2. The predicted molar refractivity (Wildman–Crippen MR) is 62.1 cm³/mol. The molecule has 0 spiro atoms. The molecule has 2 rings (SSSR count). The van der Waals surface area contributed by atoms with Crippen molar-refractivity contribution in [3.05, 3.63) is 0 Å². The number of nitrogens with one attached hydrogen (secondary N) is 1. The van der Waals surface area contributed by atoms with Gasteiger partial charge in [-0.2, -0.15) is 0 Å². The van der Waals surface area contributed by atoms with Crippen molar-refractivity contribution in [2.45, 2.75) is 44.7 Å². The van der Waals surface area contributed by atoms with Crippen molar-refractivity contribution >= 4 is 0 Å². The third-order valence-electron chi connectivity index (χ3n) is 3.76. The molecule has 0 aromatic rings. The van der Waals surface area contributed by atoms with E-state index in [4.69, 9.17) is 4.74 Å². The van der Waals surface area contributed by atoms with Gasteiger partial charge in [0.15, 0.2) is 0 Å². The third kappa shape index (κ3) is 2.92. The van der Waals surface area contributed by atoms with Crippen LogP contribution in [0.1, 0.15) is 32.6 Å². The van der Waals surface area contributed by atoms with Gasteiger partial charge in [-0.15, -0.1) is 0 Å². The van der Waals surface area contributed by atoms with Crippen molar-refractivity contribution in [1.29, 1.82) is 0 Å². The summed E-state index contributed by atoms with van der Waals surface area (Å²) in [4.78, 5) is 2.70. The van der Waals surface area contributed by atoms with Crippen LogP contribution in [0, 0.1) is 0 Å². The molecule has 88 valence electrons. The maximum atomic E-state index is 5.54. The van der Waals surface area contributed by atoms with Gasteiger partial charge in [0, 0.05) is 31.8 Å². The highest BCUT2D eigenvalue weighted by atomic mass is 16.5. The molecule has 0 aromatic heterocycles. The molecule has 0 aromatic carbocycles. The van der Waals surface area contributed by atoms with E-state index in [0.717, 1.165) is 25.3 Å². The summed E-state index contributed by atoms with van der Waals surface area (Å²) in [6, 6.07) is 1.54. The van der Waals surface area contributed by atoms with Crippen LogP contribution in [0.25, 0.3) is 0 Å². The van der Waals surface area contributed by atoms with Crippen molar-refractivity contribution in [3.63, 3.8) is 0 Å². The highest BCUT2D eigenvalue weighted by molar-refractivity contribution is 4.85. The van der Waals surface area contributed by atoms with Gasteiger partial charge in [-0.1, -0.05) is 6.92 Å². The van der Waals surface area contributed by atoms with E-state index in [1.165, 1.54) is 45.3 Å². The van der Waals surface area contributed by atoms with E-state index in [9.17, 15) is 0 Å². The Morgan fingerprint density at radius 1 is 1.20 bits per heavy atom. The maximum absolute atomic E-state index is 5.54. The third-order valence-corrected chi connectivity index (χ3v) is 3.76. The fraction of sp³-hybridized carbons (Fsp3) is 1.00. The molecule has 0 saturated carbocycles. The number of hydrogen-bond donors (Lipinski definition) is 1. The van der Waals surface area contributed by atoms with Crippen LogP contribution in [-0.4, -0.2) is 49.8 Å². The van der Waals surface area contributed by atoms with Crippen molar-refractivity contribution in [1.82, 2.24) is 10.2 Å². The van der Waals surface area contributed by atoms with E-state index in [1.807, 2.05) is 0 Å². The van der Waals surface area contributed by atoms with Gasteiger partial charge in [0.05, 0.1) is 0 Å². The van der Waals surface area contributed by atoms with Crippen LogP contribution in [0.2, 0.25) is 0 Å². The van der Waals surface area contributed by atoms with Gasteiger partial charge in [-0.05, 0) is 38.8 Å². The van der Waals surface area contributed by atoms with E-state index < -0.39 is 0 Å². The molecular formula is C12H24N2O. The Kier molecular flexibility index (Phi) is 4.42. The zero-order chi connectivity index (χ0) is 10.5. The lowest BCUT2D eigenvalue weighted by molar-refractivity contribution is 0.114. The minimum absolute atomic E-state index is 0.766. The van der Waals surface area contributed by atoms with Crippen LogP contribution in [0.3, 0.4) is 0 Å².